The second kappa shape index (κ2) is 8.61. The van der Waals surface area contributed by atoms with Crippen LogP contribution in [0.1, 0.15) is 12.8 Å². The van der Waals surface area contributed by atoms with E-state index in [1.807, 2.05) is 42.5 Å². The summed E-state index contributed by atoms with van der Waals surface area (Å²) in [6.07, 6.45) is 4.24. The largest absolute Gasteiger partial charge is 0.489 e. The van der Waals surface area contributed by atoms with E-state index < -0.39 is 0 Å². The highest BCUT2D eigenvalue weighted by Gasteiger charge is 2.12. The van der Waals surface area contributed by atoms with Gasteiger partial charge in [-0.1, -0.05) is 18.2 Å². The lowest BCUT2D eigenvalue weighted by atomic mass is 10.2. The summed E-state index contributed by atoms with van der Waals surface area (Å²) in [6, 6.07) is 17.4. The molecule has 1 aliphatic heterocycles. The summed E-state index contributed by atoms with van der Waals surface area (Å²) < 4.78 is 5.78. The van der Waals surface area contributed by atoms with Crippen molar-refractivity contribution in [3.05, 3.63) is 60.8 Å². The second-order valence-electron chi connectivity index (χ2n) is 6.80. The predicted octanol–water partition coefficient (Wildman–Crippen LogP) is 4.04. The van der Waals surface area contributed by atoms with Gasteiger partial charge >= 0.3 is 6.03 Å². The number of hydrogen-bond acceptors (Lipinski definition) is 4. The molecule has 0 atom stereocenters. The van der Waals surface area contributed by atoms with Gasteiger partial charge in [0.05, 0.1) is 6.54 Å². The Labute approximate surface area is 164 Å². The number of carbonyl (C=O) groups excluding carboxylic acids is 1. The number of benzene rings is 2. The maximum Gasteiger partial charge on any atom is 0.319 e. The Hall–Kier alpha value is -3.28. The summed E-state index contributed by atoms with van der Waals surface area (Å²) in [7, 11) is 0. The van der Waals surface area contributed by atoms with Crippen LogP contribution in [-0.2, 0) is 0 Å². The van der Waals surface area contributed by atoms with Gasteiger partial charge < -0.3 is 20.3 Å². The van der Waals surface area contributed by atoms with Crippen LogP contribution in [-0.4, -0.2) is 37.3 Å². The summed E-state index contributed by atoms with van der Waals surface area (Å²) >= 11 is 0. The molecule has 6 heteroatoms. The van der Waals surface area contributed by atoms with Gasteiger partial charge in [-0.05, 0) is 49.2 Å². The van der Waals surface area contributed by atoms with Crippen LogP contribution in [0.3, 0.4) is 0 Å². The molecule has 4 rings (SSSR count). The summed E-state index contributed by atoms with van der Waals surface area (Å²) in [6.45, 7) is 3.00. The van der Waals surface area contributed by atoms with E-state index in [4.69, 9.17) is 4.74 Å². The van der Waals surface area contributed by atoms with Gasteiger partial charge in [0, 0.05) is 36.0 Å². The predicted molar refractivity (Wildman–Crippen MR) is 112 cm³/mol. The molecule has 0 aliphatic carbocycles. The average Bonchev–Trinajstić information content (AvgIpc) is 3.27. The molecule has 2 N–H and O–H groups in total. The molecule has 0 radical (unpaired) electrons. The number of ether oxygens (including phenoxy) is 1. The van der Waals surface area contributed by atoms with Crippen LogP contribution in [0.25, 0.3) is 10.9 Å². The Morgan fingerprint density at radius 2 is 1.82 bits per heavy atom. The van der Waals surface area contributed by atoms with E-state index in [-0.39, 0.29) is 6.03 Å². The van der Waals surface area contributed by atoms with Crippen molar-refractivity contribution in [1.29, 1.82) is 0 Å². The number of para-hydroxylation sites is 1. The van der Waals surface area contributed by atoms with E-state index in [1.165, 1.54) is 18.5 Å². The van der Waals surface area contributed by atoms with Crippen molar-refractivity contribution >= 4 is 28.3 Å². The van der Waals surface area contributed by atoms with Gasteiger partial charge in [0.2, 0.25) is 0 Å². The van der Waals surface area contributed by atoms with E-state index in [0.717, 1.165) is 35.4 Å². The van der Waals surface area contributed by atoms with Crippen molar-refractivity contribution in [2.45, 2.75) is 12.8 Å². The minimum absolute atomic E-state index is 0.242. The quantitative estimate of drug-likeness (QED) is 0.638. The molecule has 1 saturated heterocycles. The lowest BCUT2D eigenvalue weighted by Crippen LogP contribution is -2.32. The number of nitrogens with one attached hydrogen (secondary N) is 2. The maximum absolute atomic E-state index is 12.1. The number of pyridine rings is 1. The van der Waals surface area contributed by atoms with Crippen molar-refractivity contribution in [2.24, 2.45) is 0 Å². The highest BCUT2D eigenvalue weighted by Crippen LogP contribution is 2.23. The first kappa shape index (κ1) is 18.1. The zero-order valence-electron chi connectivity index (χ0n) is 15.7. The number of anilines is 2. The minimum atomic E-state index is -0.242. The van der Waals surface area contributed by atoms with Crippen molar-refractivity contribution < 1.29 is 9.53 Å². The molecule has 3 aromatic rings. The standard InChI is InChI=1S/C22H24N4O2/c27-22(25-18-8-10-19(11-9-18)26-14-1-2-15-26)24-13-16-28-20-7-3-5-17-6-4-12-23-21(17)20/h3-12H,1-2,13-16H2,(H2,24,25,27). The van der Waals surface area contributed by atoms with Gasteiger partial charge in [-0.2, -0.15) is 0 Å². The summed E-state index contributed by atoms with van der Waals surface area (Å²) in [5.74, 6) is 0.720. The number of nitrogens with zero attached hydrogens (tertiary/aromatic N) is 2. The maximum atomic E-state index is 12.1. The third-order valence-corrected chi connectivity index (χ3v) is 4.84. The molecule has 144 valence electrons. The number of hydrogen-bond donors (Lipinski definition) is 2. The molecule has 6 nitrogen and oxygen atoms in total. The second-order valence-corrected chi connectivity index (χ2v) is 6.80. The van der Waals surface area contributed by atoms with Crippen molar-refractivity contribution in [1.82, 2.24) is 10.3 Å². The topological polar surface area (TPSA) is 66.5 Å². The minimum Gasteiger partial charge on any atom is -0.489 e. The van der Waals surface area contributed by atoms with Gasteiger partial charge in [-0.15, -0.1) is 0 Å². The van der Waals surface area contributed by atoms with Gasteiger partial charge in [0.15, 0.2) is 0 Å². The molecule has 0 bridgehead atoms. The van der Waals surface area contributed by atoms with Crippen LogP contribution in [0.4, 0.5) is 16.2 Å². The molecular formula is C22H24N4O2. The van der Waals surface area contributed by atoms with E-state index in [0.29, 0.717) is 13.2 Å². The monoisotopic (exact) mass is 376 g/mol. The number of amides is 2. The summed E-state index contributed by atoms with van der Waals surface area (Å²) in [5, 5.41) is 6.70. The molecule has 1 aromatic heterocycles. The Bertz CT molecular complexity index is 931. The first-order chi connectivity index (χ1) is 13.8. The van der Waals surface area contributed by atoms with Crippen LogP contribution in [0.15, 0.2) is 60.8 Å². The molecule has 0 spiro atoms. The fourth-order valence-corrected chi connectivity index (χ4v) is 3.42. The Balaban J connectivity index is 1.23. The molecule has 0 saturated carbocycles. The number of carbonyl (C=O) groups is 1. The molecule has 1 aliphatic rings. The third-order valence-electron chi connectivity index (χ3n) is 4.84. The lowest BCUT2D eigenvalue weighted by Gasteiger charge is -2.17. The van der Waals surface area contributed by atoms with Crippen LogP contribution in [0.5, 0.6) is 5.75 Å². The Morgan fingerprint density at radius 1 is 1.04 bits per heavy atom. The zero-order valence-corrected chi connectivity index (χ0v) is 15.7. The zero-order chi connectivity index (χ0) is 19.2. The van der Waals surface area contributed by atoms with Crippen LogP contribution in [0, 0.1) is 0 Å². The van der Waals surface area contributed by atoms with E-state index >= 15 is 0 Å². The fraction of sp³-hybridized carbons (Fsp3) is 0.273. The normalized spacial score (nSPS) is 13.5. The van der Waals surface area contributed by atoms with Crippen LogP contribution >= 0.6 is 0 Å². The highest BCUT2D eigenvalue weighted by atomic mass is 16.5. The first-order valence-electron chi connectivity index (χ1n) is 9.66. The molecule has 2 amide bonds. The van der Waals surface area contributed by atoms with Crippen molar-refractivity contribution in [3.63, 3.8) is 0 Å². The van der Waals surface area contributed by atoms with Crippen LogP contribution < -0.4 is 20.3 Å². The first-order valence-corrected chi connectivity index (χ1v) is 9.66. The summed E-state index contributed by atoms with van der Waals surface area (Å²) in [5.41, 5.74) is 2.81. The number of fused-ring (bicyclic) bond motifs is 1. The Kier molecular flexibility index (Phi) is 5.56. The highest BCUT2D eigenvalue weighted by molar-refractivity contribution is 5.89. The molecule has 28 heavy (non-hydrogen) atoms. The molecule has 1 fully saturated rings. The fourth-order valence-electron chi connectivity index (χ4n) is 3.42. The SMILES string of the molecule is O=C(NCCOc1cccc2cccnc12)Nc1ccc(N2CCCC2)cc1. The van der Waals surface area contributed by atoms with E-state index in [1.54, 1.807) is 6.20 Å². The van der Waals surface area contributed by atoms with E-state index in [9.17, 15) is 4.79 Å². The molecule has 2 heterocycles. The third kappa shape index (κ3) is 4.34. The Morgan fingerprint density at radius 3 is 2.64 bits per heavy atom. The smallest absolute Gasteiger partial charge is 0.319 e. The average molecular weight is 376 g/mol. The van der Waals surface area contributed by atoms with Crippen molar-refractivity contribution in [3.8, 4) is 5.75 Å². The van der Waals surface area contributed by atoms with Gasteiger partial charge in [0.1, 0.15) is 17.9 Å². The van der Waals surface area contributed by atoms with Crippen LogP contribution in [0.2, 0.25) is 0 Å². The van der Waals surface area contributed by atoms with Gasteiger partial charge in [-0.25, -0.2) is 4.79 Å². The van der Waals surface area contributed by atoms with E-state index in [2.05, 4.69) is 32.7 Å². The molecular weight excluding hydrogens is 352 g/mol. The number of urea groups is 1. The van der Waals surface area contributed by atoms with Gasteiger partial charge in [0.25, 0.3) is 0 Å². The number of aromatic nitrogens is 1. The summed E-state index contributed by atoms with van der Waals surface area (Å²) in [4.78, 5) is 18.8. The van der Waals surface area contributed by atoms with Gasteiger partial charge in [-0.3, -0.25) is 4.98 Å². The number of rotatable bonds is 6. The molecule has 2 aromatic carbocycles. The van der Waals surface area contributed by atoms with Crippen molar-refractivity contribution in [2.75, 3.05) is 36.5 Å². The lowest BCUT2D eigenvalue weighted by molar-refractivity contribution is 0.247. The molecule has 0 unspecified atom stereocenters.